The van der Waals surface area contributed by atoms with Crippen molar-refractivity contribution >= 4 is 17.5 Å². The second-order valence-corrected chi connectivity index (χ2v) is 5.90. The number of halogens is 3. The third-order valence-electron chi connectivity index (χ3n) is 4.42. The van der Waals surface area contributed by atoms with Crippen LogP contribution in [0, 0.1) is 17.8 Å². The van der Waals surface area contributed by atoms with Crippen LogP contribution in [0.25, 0.3) is 0 Å². The fourth-order valence-electron chi connectivity index (χ4n) is 3.14. The zero-order valence-corrected chi connectivity index (χ0v) is 12.4. The number of carbonyl (C=O) groups is 2. The van der Waals surface area contributed by atoms with Crippen molar-refractivity contribution in [2.24, 2.45) is 22.9 Å². The third-order valence-corrected chi connectivity index (χ3v) is 4.42. The summed E-state index contributed by atoms with van der Waals surface area (Å²) in [5.41, 5.74) is 2.97. The highest BCUT2D eigenvalue weighted by atomic mass is 19.4. The predicted octanol–water partition coefficient (Wildman–Crippen LogP) is 1.98. The van der Waals surface area contributed by atoms with E-state index < -0.39 is 29.8 Å². The summed E-state index contributed by atoms with van der Waals surface area (Å²) in [6.45, 7) is 1.87. The van der Waals surface area contributed by atoms with Gasteiger partial charge in [-0.15, -0.1) is 0 Å². The summed E-state index contributed by atoms with van der Waals surface area (Å²) in [7, 11) is 0. The molecule has 2 N–H and O–H groups in total. The smallest absolute Gasteiger partial charge is 0.356 e. The number of rotatable bonds is 4. The largest absolute Gasteiger partial charge is 0.392 e. The standard InChI is InChI=1S/C14H20F3N3O2/c1-8-9(13(22)20-19-8)6-7-18-12(21)10-4-2-3-5-11(10)14(15,16)17/h9-11H,2-7H2,1H3,(H,18,21)(H,20,22)/t9?,10-,11-/m1/s1. The van der Waals surface area contributed by atoms with Crippen molar-refractivity contribution in [2.75, 3.05) is 6.54 Å². The van der Waals surface area contributed by atoms with E-state index in [9.17, 15) is 22.8 Å². The molecule has 0 aromatic heterocycles. The molecule has 0 spiro atoms. The van der Waals surface area contributed by atoms with Gasteiger partial charge in [-0.3, -0.25) is 9.59 Å². The molecule has 22 heavy (non-hydrogen) atoms. The number of hydrogen-bond acceptors (Lipinski definition) is 3. The fraction of sp³-hybridized carbons (Fsp3) is 0.786. The first-order valence-electron chi connectivity index (χ1n) is 7.49. The molecule has 1 unspecified atom stereocenters. The van der Waals surface area contributed by atoms with Crippen LogP contribution in [0.5, 0.6) is 0 Å². The molecule has 0 saturated heterocycles. The molecule has 5 nitrogen and oxygen atoms in total. The zero-order chi connectivity index (χ0) is 16.3. The van der Waals surface area contributed by atoms with Crippen molar-refractivity contribution in [3.63, 3.8) is 0 Å². The summed E-state index contributed by atoms with van der Waals surface area (Å²) >= 11 is 0. The van der Waals surface area contributed by atoms with Gasteiger partial charge < -0.3 is 5.32 Å². The van der Waals surface area contributed by atoms with Crippen LogP contribution in [-0.2, 0) is 9.59 Å². The Morgan fingerprint density at radius 3 is 2.64 bits per heavy atom. The molecule has 8 heteroatoms. The lowest BCUT2D eigenvalue weighted by Crippen LogP contribution is -2.43. The van der Waals surface area contributed by atoms with Gasteiger partial charge in [-0.2, -0.15) is 18.3 Å². The maximum atomic E-state index is 13.0. The average molecular weight is 319 g/mol. The van der Waals surface area contributed by atoms with Crippen LogP contribution < -0.4 is 10.7 Å². The SMILES string of the molecule is CC1=NNC(=O)C1CCNC(=O)[C@@H]1CCCC[C@H]1C(F)(F)F. The average Bonchev–Trinajstić information content (AvgIpc) is 2.78. The summed E-state index contributed by atoms with van der Waals surface area (Å²) in [6, 6.07) is 0. The van der Waals surface area contributed by atoms with Gasteiger partial charge in [-0.1, -0.05) is 12.8 Å². The van der Waals surface area contributed by atoms with Crippen LogP contribution in [0.4, 0.5) is 13.2 Å². The van der Waals surface area contributed by atoms with Crippen molar-refractivity contribution in [1.82, 2.24) is 10.7 Å². The highest BCUT2D eigenvalue weighted by Gasteiger charge is 2.47. The Morgan fingerprint density at radius 1 is 1.36 bits per heavy atom. The lowest BCUT2D eigenvalue weighted by atomic mass is 9.78. The molecule has 2 rings (SSSR count). The number of nitrogens with one attached hydrogen (secondary N) is 2. The molecule has 2 aliphatic rings. The van der Waals surface area contributed by atoms with Crippen LogP contribution in [0.1, 0.15) is 39.0 Å². The summed E-state index contributed by atoms with van der Waals surface area (Å²) in [5, 5.41) is 6.33. The molecule has 124 valence electrons. The molecule has 0 aromatic rings. The van der Waals surface area contributed by atoms with E-state index in [2.05, 4.69) is 15.8 Å². The minimum Gasteiger partial charge on any atom is -0.356 e. The van der Waals surface area contributed by atoms with E-state index in [0.29, 0.717) is 25.0 Å². The van der Waals surface area contributed by atoms with Crippen LogP contribution >= 0.6 is 0 Å². The lowest BCUT2D eigenvalue weighted by molar-refractivity contribution is -0.198. The van der Waals surface area contributed by atoms with Gasteiger partial charge in [-0.25, -0.2) is 5.43 Å². The summed E-state index contributed by atoms with van der Waals surface area (Å²) in [6.07, 6.45) is -2.57. The molecule has 2 amide bonds. The first-order chi connectivity index (χ1) is 10.3. The Morgan fingerprint density at radius 2 is 2.05 bits per heavy atom. The topological polar surface area (TPSA) is 70.6 Å². The van der Waals surface area contributed by atoms with Gasteiger partial charge in [0.15, 0.2) is 0 Å². The summed E-state index contributed by atoms with van der Waals surface area (Å²) < 4.78 is 38.9. The molecule has 3 atom stereocenters. The Hall–Kier alpha value is -1.60. The number of amides is 2. The molecule has 0 bridgehead atoms. The number of nitrogens with zero attached hydrogens (tertiary/aromatic N) is 1. The molecular formula is C14H20F3N3O2. The fourth-order valence-corrected chi connectivity index (χ4v) is 3.14. The normalized spacial score (nSPS) is 29.0. The molecule has 1 aliphatic heterocycles. The number of carbonyl (C=O) groups excluding carboxylic acids is 2. The zero-order valence-electron chi connectivity index (χ0n) is 12.4. The van der Waals surface area contributed by atoms with Crippen LogP contribution in [0.3, 0.4) is 0 Å². The Bertz CT molecular complexity index is 476. The quantitative estimate of drug-likeness (QED) is 0.832. The number of hydrogen-bond donors (Lipinski definition) is 2. The monoisotopic (exact) mass is 319 g/mol. The van der Waals surface area contributed by atoms with E-state index in [1.807, 2.05) is 0 Å². The van der Waals surface area contributed by atoms with Gasteiger partial charge in [0.1, 0.15) is 0 Å². The predicted molar refractivity (Wildman–Crippen MR) is 73.9 cm³/mol. The molecule has 0 radical (unpaired) electrons. The van der Waals surface area contributed by atoms with E-state index in [4.69, 9.17) is 0 Å². The summed E-state index contributed by atoms with van der Waals surface area (Å²) in [4.78, 5) is 23.5. The van der Waals surface area contributed by atoms with Crippen molar-refractivity contribution in [3.05, 3.63) is 0 Å². The van der Waals surface area contributed by atoms with Crippen LogP contribution in [0.15, 0.2) is 5.10 Å². The van der Waals surface area contributed by atoms with E-state index in [1.165, 1.54) is 0 Å². The highest BCUT2D eigenvalue weighted by Crippen LogP contribution is 2.41. The minimum atomic E-state index is -4.34. The van der Waals surface area contributed by atoms with E-state index in [1.54, 1.807) is 6.92 Å². The van der Waals surface area contributed by atoms with Crippen LogP contribution in [0.2, 0.25) is 0 Å². The maximum Gasteiger partial charge on any atom is 0.392 e. The second kappa shape index (κ2) is 6.66. The number of hydrazone groups is 1. The first kappa shape index (κ1) is 16.8. The van der Waals surface area contributed by atoms with Crippen molar-refractivity contribution in [1.29, 1.82) is 0 Å². The van der Waals surface area contributed by atoms with Crippen molar-refractivity contribution < 1.29 is 22.8 Å². The molecule has 1 aliphatic carbocycles. The Labute approximate surface area is 126 Å². The van der Waals surface area contributed by atoms with Gasteiger partial charge in [0.2, 0.25) is 11.8 Å². The lowest BCUT2D eigenvalue weighted by Gasteiger charge is -2.32. The van der Waals surface area contributed by atoms with E-state index in [0.717, 1.165) is 0 Å². The molecule has 1 heterocycles. The molecule has 1 saturated carbocycles. The van der Waals surface area contributed by atoms with Crippen molar-refractivity contribution in [2.45, 2.75) is 45.2 Å². The third kappa shape index (κ3) is 3.78. The maximum absolute atomic E-state index is 13.0. The first-order valence-corrected chi connectivity index (χ1v) is 7.49. The van der Waals surface area contributed by atoms with Gasteiger partial charge in [-0.05, 0) is 26.2 Å². The second-order valence-electron chi connectivity index (χ2n) is 5.90. The summed E-state index contributed by atoms with van der Waals surface area (Å²) in [5.74, 6) is -3.78. The number of alkyl halides is 3. The van der Waals surface area contributed by atoms with Crippen LogP contribution in [-0.4, -0.2) is 30.2 Å². The van der Waals surface area contributed by atoms with Gasteiger partial charge in [0, 0.05) is 18.2 Å². The Balaban J connectivity index is 1.85. The van der Waals surface area contributed by atoms with E-state index >= 15 is 0 Å². The van der Waals surface area contributed by atoms with Gasteiger partial charge in [0.05, 0.1) is 11.8 Å². The molecule has 1 fully saturated rings. The highest BCUT2D eigenvalue weighted by molar-refractivity contribution is 6.06. The van der Waals surface area contributed by atoms with Crippen molar-refractivity contribution in [3.8, 4) is 0 Å². The Kier molecular flexibility index (Phi) is 5.08. The molecule has 0 aromatic carbocycles. The molecular weight excluding hydrogens is 299 g/mol. The minimum absolute atomic E-state index is 0.0123. The van der Waals surface area contributed by atoms with E-state index in [-0.39, 0.29) is 25.3 Å². The van der Waals surface area contributed by atoms with Gasteiger partial charge >= 0.3 is 6.18 Å². The van der Waals surface area contributed by atoms with Gasteiger partial charge in [0.25, 0.3) is 0 Å².